The summed E-state index contributed by atoms with van der Waals surface area (Å²) in [5.74, 6) is 8.34. The molecule has 6 rings (SSSR count). The molecule has 0 N–H and O–H groups in total. The number of esters is 1. The van der Waals surface area contributed by atoms with Crippen LogP contribution in [0.15, 0.2) is 0 Å². The van der Waals surface area contributed by atoms with Crippen LogP contribution in [0.25, 0.3) is 0 Å². The average Bonchev–Trinajstić information content (AvgIpc) is 3.41. The lowest BCUT2D eigenvalue weighted by molar-refractivity contribution is -0.152. The van der Waals surface area contributed by atoms with Crippen molar-refractivity contribution in [3.05, 3.63) is 0 Å². The van der Waals surface area contributed by atoms with Crippen LogP contribution >= 0.6 is 0 Å². The van der Waals surface area contributed by atoms with E-state index >= 15 is 0 Å². The smallest absolute Gasteiger partial charge is 0.311 e. The molecule has 0 aromatic carbocycles. The van der Waals surface area contributed by atoms with E-state index < -0.39 is 0 Å². The standard InChI is InChI=1S/C22H32O3/c1-10-11(2)16-8-15(10)20-12-5-13(17(6-12)21(16)20)9-24-22(23)18-7-14-3-4-19(18)25-14/h10-21H,3-9H2,1-2H3. The fraction of sp³-hybridized carbons (Fsp3) is 0.955. The second-order valence-corrected chi connectivity index (χ2v) is 10.4. The highest BCUT2D eigenvalue weighted by Crippen LogP contribution is 2.71. The molecular formula is C22H32O3. The van der Waals surface area contributed by atoms with Gasteiger partial charge in [-0.2, -0.15) is 0 Å². The van der Waals surface area contributed by atoms with Crippen LogP contribution < -0.4 is 0 Å². The Balaban J connectivity index is 1.11. The van der Waals surface area contributed by atoms with Crippen LogP contribution in [0.1, 0.15) is 52.4 Å². The molecular weight excluding hydrogens is 312 g/mol. The van der Waals surface area contributed by atoms with E-state index in [-0.39, 0.29) is 18.0 Å². The van der Waals surface area contributed by atoms with Crippen molar-refractivity contribution >= 4 is 5.97 Å². The molecule has 12 atom stereocenters. The van der Waals surface area contributed by atoms with E-state index in [0.717, 1.165) is 66.6 Å². The van der Waals surface area contributed by atoms with Crippen LogP contribution in [0.4, 0.5) is 0 Å². The summed E-state index contributed by atoms with van der Waals surface area (Å²) in [6.45, 7) is 5.70. The zero-order valence-electron chi connectivity index (χ0n) is 15.6. The number of hydrogen-bond acceptors (Lipinski definition) is 3. The third-order valence-corrected chi connectivity index (χ3v) is 9.83. The van der Waals surface area contributed by atoms with Gasteiger partial charge < -0.3 is 9.47 Å². The molecule has 12 unspecified atom stereocenters. The fourth-order valence-corrected chi connectivity index (χ4v) is 8.74. The Morgan fingerprint density at radius 3 is 2.48 bits per heavy atom. The van der Waals surface area contributed by atoms with Crippen molar-refractivity contribution in [2.24, 2.45) is 59.2 Å². The van der Waals surface area contributed by atoms with Crippen molar-refractivity contribution in [3.63, 3.8) is 0 Å². The zero-order chi connectivity index (χ0) is 16.9. The molecule has 3 nitrogen and oxygen atoms in total. The summed E-state index contributed by atoms with van der Waals surface area (Å²) in [7, 11) is 0. The molecule has 6 aliphatic rings. The SMILES string of the molecule is CC1C(C)C2CC1C1C3CC(COC(=O)C4CC5CCC4O5)C(C3)C21. The van der Waals surface area contributed by atoms with Gasteiger partial charge in [-0.1, -0.05) is 13.8 Å². The summed E-state index contributed by atoms with van der Waals surface area (Å²) in [4.78, 5) is 12.5. The van der Waals surface area contributed by atoms with Crippen molar-refractivity contribution in [1.82, 2.24) is 0 Å². The normalized spacial score (nSPS) is 60.4. The maximum absolute atomic E-state index is 12.5. The molecule has 25 heavy (non-hydrogen) atoms. The van der Waals surface area contributed by atoms with Crippen LogP contribution in [0.3, 0.4) is 0 Å². The first-order valence-electron chi connectivity index (χ1n) is 10.9. The highest BCUT2D eigenvalue weighted by molar-refractivity contribution is 5.73. The molecule has 6 fully saturated rings. The third-order valence-electron chi connectivity index (χ3n) is 9.83. The van der Waals surface area contributed by atoms with Crippen molar-refractivity contribution in [3.8, 4) is 0 Å². The first-order valence-corrected chi connectivity index (χ1v) is 10.9. The molecule has 0 aromatic rings. The average molecular weight is 344 g/mol. The molecule has 2 saturated heterocycles. The van der Waals surface area contributed by atoms with E-state index in [1.54, 1.807) is 0 Å². The van der Waals surface area contributed by atoms with Gasteiger partial charge in [-0.15, -0.1) is 0 Å². The lowest BCUT2D eigenvalue weighted by Crippen LogP contribution is -2.40. The largest absolute Gasteiger partial charge is 0.465 e. The molecule has 4 saturated carbocycles. The predicted octanol–water partition coefficient (Wildman–Crippen LogP) is 3.91. The summed E-state index contributed by atoms with van der Waals surface area (Å²) in [6, 6.07) is 0. The van der Waals surface area contributed by atoms with Gasteiger partial charge in [0, 0.05) is 0 Å². The van der Waals surface area contributed by atoms with Gasteiger partial charge in [0.1, 0.15) is 0 Å². The molecule has 4 aliphatic carbocycles. The summed E-state index contributed by atoms with van der Waals surface area (Å²) >= 11 is 0. The van der Waals surface area contributed by atoms with E-state index in [1.165, 1.54) is 19.3 Å². The van der Waals surface area contributed by atoms with Crippen molar-refractivity contribution in [1.29, 1.82) is 0 Å². The minimum Gasteiger partial charge on any atom is -0.465 e. The van der Waals surface area contributed by atoms with E-state index in [2.05, 4.69) is 13.8 Å². The highest BCUT2D eigenvalue weighted by atomic mass is 16.5. The molecule has 0 spiro atoms. The molecule has 3 heteroatoms. The summed E-state index contributed by atoms with van der Waals surface area (Å²) in [6.07, 6.45) is 7.87. The molecule has 0 aromatic heterocycles. The third kappa shape index (κ3) is 2.00. The van der Waals surface area contributed by atoms with Crippen molar-refractivity contribution < 1.29 is 14.3 Å². The molecule has 6 bridgehead atoms. The van der Waals surface area contributed by atoms with Gasteiger partial charge >= 0.3 is 5.97 Å². The Labute approximate surface area is 151 Å². The Morgan fingerprint density at radius 2 is 1.76 bits per heavy atom. The fourth-order valence-electron chi connectivity index (χ4n) is 8.74. The Hall–Kier alpha value is -0.570. The lowest BCUT2D eigenvalue weighted by Gasteiger charge is -2.43. The minimum absolute atomic E-state index is 0.0356. The first-order chi connectivity index (χ1) is 12.1. The van der Waals surface area contributed by atoms with Crippen LogP contribution in [0.2, 0.25) is 0 Å². The van der Waals surface area contributed by atoms with Crippen molar-refractivity contribution in [2.45, 2.75) is 64.6 Å². The van der Waals surface area contributed by atoms with E-state index in [9.17, 15) is 4.79 Å². The van der Waals surface area contributed by atoms with Gasteiger partial charge in [0.2, 0.25) is 0 Å². The monoisotopic (exact) mass is 344 g/mol. The molecule has 138 valence electrons. The van der Waals surface area contributed by atoms with E-state index in [0.29, 0.717) is 18.6 Å². The van der Waals surface area contributed by atoms with Crippen LogP contribution in [-0.2, 0) is 14.3 Å². The number of fused-ring (bicyclic) bond motifs is 11. The maximum Gasteiger partial charge on any atom is 0.311 e. The molecule has 0 amide bonds. The molecule has 2 aliphatic heterocycles. The Kier molecular flexibility index (Phi) is 3.25. The van der Waals surface area contributed by atoms with Gasteiger partial charge in [0.25, 0.3) is 0 Å². The quantitative estimate of drug-likeness (QED) is 0.575. The Bertz CT molecular complexity index is 588. The second-order valence-electron chi connectivity index (χ2n) is 10.4. The van der Waals surface area contributed by atoms with Crippen LogP contribution in [-0.4, -0.2) is 24.8 Å². The van der Waals surface area contributed by atoms with E-state index in [4.69, 9.17) is 9.47 Å². The predicted molar refractivity (Wildman–Crippen MR) is 93.6 cm³/mol. The van der Waals surface area contributed by atoms with Crippen LogP contribution in [0, 0.1) is 59.2 Å². The lowest BCUT2D eigenvalue weighted by atomic mass is 9.62. The van der Waals surface area contributed by atoms with Gasteiger partial charge in [0.05, 0.1) is 24.7 Å². The van der Waals surface area contributed by atoms with Crippen molar-refractivity contribution in [2.75, 3.05) is 6.61 Å². The number of ether oxygens (including phenoxy) is 2. The summed E-state index contributed by atoms with van der Waals surface area (Å²) in [5.41, 5.74) is 0. The topological polar surface area (TPSA) is 35.5 Å². The zero-order valence-corrected chi connectivity index (χ0v) is 15.6. The number of hydrogen-bond donors (Lipinski definition) is 0. The van der Waals surface area contributed by atoms with Gasteiger partial charge in [-0.25, -0.2) is 0 Å². The minimum atomic E-state index is 0.0356. The van der Waals surface area contributed by atoms with Gasteiger partial charge in [0.15, 0.2) is 0 Å². The second kappa shape index (κ2) is 5.24. The number of carbonyl (C=O) groups excluding carboxylic acids is 1. The summed E-state index contributed by atoms with van der Waals surface area (Å²) in [5, 5.41) is 0. The maximum atomic E-state index is 12.5. The van der Waals surface area contributed by atoms with Crippen LogP contribution in [0.5, 0.6) is 0 Å². The van der Waals surface area contributed by atoms with Gasteiger partial charge in [-0.05, 0) is 91.8 Å². The highest BCUT2D eigenvalue weighted by Gasteiger charge is 2.65. The van der Waals surface area contributed by atoms with Gasteiger partial charge in [-0.3, -0.25) is 4.79 Å². The first kappa shape index (κ1) is 15.5. The number of carbonyl (C=O) groups is 1. The molecule has 2 heterocycles. The van der Waals surface area contributed by atoms with E-state index in [1.807, 2.05) is 0 Å². The Morgan fingerprint density at radius 1 is 0.960 bits per heavy atom. The number of rotatable bonds is 3. The summed E-state index contributed by atoms with van der Waals surface area (Å²) < 4.78 is 11.7. The molecule has 0 radical (unpaired) electrons.